The molecular weight excluding hydrogens is 357 g/mol. The van der Waals surface area contributed by atoms with Crippen molar-refractivity contribution in [3.8, 4) is 6.07 Å². The first-order valence-electron chi connectivity index (χ1n) is 9.19. The monoisotopic (exact) mass is 383 g/mol. The lowest BCUT2D eigenvalue weighted by molar-refractivity contribution is -0.117. The normalized spacial score (nSPS) is 12.5. The van der Waals surface area contributed by atoms with Gasteiger partial charge in [0.05, 0.1) is 12.6 Å². The van der Waals surface area contributed by atoms with Crippen molar-refractivity contribution in [3.05, 3.63) is 64.2 Å². The zero-order valence-electron chi connectivity index (χ0n) is 16.8. The molecule has 1 N–H and O–H groups in total. The van der Waals surface area contributed by atoms with Gasteiger partial charge < -0.3 is 14.6 Å². The van der Waals surface area contributed by atoms with E-state index in [4.69, 9.17) is 4.74 Å². The Hall–Kier alpha value is -2.91. The molecule has 1 aromatic heterocycles. The number of aryl methyl sites for hydroxylation is 1. The van der Waals surface area contributed by atoms with Gasteiger partial charge in [-0.3, -0.25) is 4.79 Å². The van der Waals surface area contributed by atoms with E-state index in [9.17, 15) is 14.4 Å². The summed E-state index contributed by atoms with van der Waals surface area (Å²) in [5.41, 5.74) is 3.37. The molecule has 148 valence electrons. The molecule has 0 aliphatic rings. The molecule has 2 aromatic rings. The van der Waals surface area contributed by atoms with E-state index >= 15 is 0 Å². The Balaban J connectivity index is 2.11. The molecule has 1 aromatic carbocycles. The van der Waals surface area contributed by atoms with Crippen LogP contribution in [0.4, 0.5) is 4.39 Å². The lowest BCUT2D eigenvalue weighted by Gasteiger charge is -2.17. The number of halogens is 1. The highest BCUT2D eigenvalue weighted by Gasteiger charge is 2.15. The maximum absolute atomic E-state index is 13.6. The van der Waals surface area contributed by atoms with Crippen molar-refractivity contribution in [2.45, 2.75) is 33.2 Å². The summed E-state index contributed by atoms with van der Waals surface area (Å²) in [7, 11) is 1.66. The maximum atomic E-state index is 13.6. The summed E-state index contributed by atoms with van der Waals surface area (Å²) in [5, 5.41) is 12.1. The van der Waals surface area contributed by atoms with E-state index < -0.39 is 5.91 Å². The number of benzene rings is 1. The fourth-order valence-electron chi connectivity index (χ4n) is 3.35. The maximum Gasteiger partial charge on any atom is 0.261 e. The van der Waals surface area contributed by atoms with Crippen LogP contribution in [0, 0.1) is 31.0 Å². The average molecular weight is 383 g/mol. The summed E-state index contributed by atoms with van der Waals surface area (Å²) < 4.78 is 21.0. The highest BCUT2D eigenvalue weighted by Crippen LogP contribution is 2.22. The van der Waals surface area contributed by atoms with Crippen molar-refractivity contribution in [1.82, 2.24) is 9.88 Å². The second-order valence-corrected chi connectivity index (χ2v) is 6.77. The molecule has 1 atom stereocenters. The molecule has 0 spiro atoms. The van der Waals surface area contributed by atoms with Crippen molar-refractivity contribution < 1.29 is 13.9 Å². The second kappa shape index (κ2) is 9.86. The van der Waals surface area contributed by atoms with E-state index in [2.05, 4.69) is 16.8 Å². The van der Waals surface area contributed by atoms with Crippen molar-refractivity contribution >= 4 is 12.0 Å². The van der Waals surface area contributed by atoms with Crippen LogP contribution < -0.4 is 5.32 Å². The number of nitriles is 1. The summed E-state index contributed by atoms with van der Waals surface area (Å²) in [6.07, 6.45) is 1.96. The number of hydrogen-bond acceptors (Lipinski definition) is 3. The van der Waals surface area contributed by atoms with Gasteiger partial charge in [0.15, 0.2) is 0 Å². The number of nitrogens with zero attached hydrogens (tertiary/aromatic N) is 2. The topological polar surface area (TPSA) is 67.0 Å². The first kappa shape index (κ1) is 21.4. The Bertz CT molecular complexity index is 909. The predicted octanol–water partition coefficient (Wildman–Crippen LogP) is 3.72. The summed E-state index contributed by atoms with van der Waals surface area (Å²) >= 11 is 0. The van der Waals surface area contributed by atoms with Crippen LogP contribution in [0.25, 0.3) is 6.08 Å². The molecule has 0 saturated heterocycles. The van der Waals surface area contributed by atoms with Crippen LogP contribution in [0.15, 0.2) is 35.9 Å². The molecule has 0 bridgehead atoms. The third kappa shape index (κ3) is 5.08. The second-order valence-electron chi connectivity index (χ2n) is 6.77. The summed E-state index contributed by atoms with van der Waals surface area (Å²) in [6.45, 7) is 6.81. The quantitative estimate of drug-likeness (QED) is 0.558. The molecule has 2 rings (SSSR count). The van der Waals surface area contributed by atoms with Gasteiger partial charge >= 0.3 is 0 Å². The van der Waals surface area contributed by atoms with Gasteiger partial charge in [-0.15, -0.1) is 0 Å². The van der Waals surface area contributed by atoms with Gasteiger partial charge in [-0.05, 0) is 56.5 Å². The number of rotatable bonds is 8. The van der Waals surface area contributed by atoms with E-state index in [1.807, 2.05) is 26.0 Å². The minimum Gasteiger partial charge on any atom is -0.383 e. The van der Waals surface area contributed by atoms with Crippen LogP contribution in [-0.4, -0.2) is 30.7 Å². The first-order chi connectivity index (χ1) is 13.4. The number of amides is 1. The van der Waals surface area contributed by atoms with E-state index in [-0.39, 0.29) is 24.0 Å². The Kier molecular flexibility index (Phi) is 7.53. The van der Waals surface area contributed by atoms with Crippen LogP contribution in [0.5, 0.6) is 0 Å². The third-order valence-corrected chi connectivity index (χ3v) is 4.67. The smallest absolute Gasteiger partial charge is 0.261 e. The molecule has 1 unspecified atom stereocenters. The molecule has 0 radical (unpaired) electrons. The summed E-state index contributed by atoms with van der Waals surface area (Å²) in [4.78, 5) is 12.4. The summed E-state index contributed by atoms with van der Waals surface area (Å²) in [6, 6.07) is 10.5. The number of carbonyl (C=O) groups is 1. The minimum absolute atomic E-state index is 0.0215. The van der Waals surface area contributed by atoms with Crippen LogP contribution in [0.2, 0.25) is 0 Å². The van der Waals surface area contributed by atoms with Crippen LogP contribution >= 0.6 is 0 Å². The van der Waals surface area contributed by atoms with Gasteiger partial charge in [0.2, 0.25) is 0 Å². The van der Waals surface area contributed by atoms with Crippen LogP contribution in [-0.2, 0) is 16.0 Å². The van der Waals surface area contributed by atoms with Crippen molar-refractivity contribution in [2.75, 3.05) is 20.3 Å². The van der Waals surface area contributed by atoms with Gasteiger partial charge in [0, 0.05) is 25.0 Å². The fraction of sp³-hybridized carbons (Fsp3) is 0.364. The standard InChI is InChI=1S/C22H26FN3O2/c1-15-11-19(17(3)26(15)16(2)14-28-4)12-20(13-24)22(27)25-10-9-18-7-5-6-8-21(18)23/h5-8,11-12,16H,9-10,14H2,1-4H3,(H,25,27)/b20-12+. The molecule has 0 fully saturated rings. The van der Waals surface area contributed by atoms with E-state index in [1.165, 1.54) is 6.07 Å². The Morgan fingerprint density at radius 3 is 2.75 bits per heavy atom. The van der Waals surface area contributed by atoms with Crippen LogP contribution in [0.3, 0.4) is 0 Å². The van der Waals surface area contributed by atoms with Gasteiger partial charge in [0.25, 0.3) is 5.91 Å². The van der Waals surface area contributed by atoms with Gasteiger partial charge in [-0.2, -0.15) is 5.26 Å². The zero-order valence-corrected chi connectivity index (χ0v) is 16.8. The number of carbonyl (C=O) groups excluding carboxylic acids is 1. The number of methoxy groups -OCH3 is 1. The molecule has 28 heavy (non-hydrogen) atoms. The zero-order chi connectivity index (χ0) is 20.7. The molecule has 6 heteroatoms. The molecular formula is C22H26FN3O2. The first-order valence-corrected chi connectivity index (χ1v) is 9.19. The largest absolute Gasteiger partial charge is 0.383 e. The van der Waals surface area contributed by atoms with E-state index in [1.54, 1.807) is 31.4 Å². The number of ether oxygens (including phenoxy) is 1. The minimum atomic E-state index is -0.464. The third-order valence-electron chi connectivity index (χ3n) is 4.67. The van der Waals surface area contributed by atoms with Gasteiger partial charge in [-0.1, -0.05) is 18.2 Å². The SMILES string of the molecule is COCC(C)n1c(C)cc(/C=C(\C#N)C(=O)NCCc2ccccc2F)c1C. The fourth-order valence-corrected chi connectivity index (χ4v) is 3.35. The summed E-state index contributed by atoms with van der Waals surface area (Å²) in [5.74, 6) is -0.765. The Labute approximate surface area is 165 Å². The predicted molar refractivity (Wildman–Crippen MR) is 107 cm³/mol. The number of aromatic nitrogens is 1. The lowest BCUT2D eigenvalue weighted by Crippen LogP contribution is -2.27. The van der Waals surface area contributed by atoms with Gasteiger partial charge in [-0.25, -0.2) is 4.39 Å². The Morgan fingerprint density at radius 2 is 2.11 bits per heavy atom. The van der Waals surface area contributed by atoms with Crippen molar-refractivity contribution in [1.29, 1.82) is 5.26 Å². The average Bonchev–Trinajstić information content (AvgIpc) is 2.94. The Morgan fingerprint density at radius 1 is 1.39 bits per heavy atom. The molecule has 5 nitrogen and oxygen atoms in total. The number of hydrogen-bond donors (Lipinski definition) is 1. The van der Waals surface area contributed by atoms with Gasteiger partial charge in [0.1, 0.15) is 17.5 Å². The van der Waals surface area contributed by atoms with Crippen LogP contribution in [0.1, 0.15) is 35.5 Å². The highest BCUT2D eigenvalue weighted by molar-refractivity contribution is 6.01. The lowest BCUT2D eigenvalue weighted by atomic mass is 10.1. The van der Waals surface area contributed by atoms with Crippen molar-refractivity contribution in [2.24, 2.45) is 0 Å². The molecule has 0 aliphatic carbocycles. The molecule has 1 heterocycles. The van der Waals surface area contributed by atoms with E-state index in [0.717, 1.165) is 17.0 Å². The molecule has 0 saturated carbocycles. The molecule has 0 aliphatic heterocycles. The van der Waals surface area contributed by atoms with Crippen molar-refractivity contribution in [3.63, 3.8) is 0 Å². The number of nitrogens with one attached hydrogen (secondary N) is 1. The molecule has 1 amide bonds. The van der Waals surface area contributed by atoms with E-state index in [0.29, 0.717) is 18.6 Å². The highest BCUT2D eigenvalue weighted by atomic mass is 19.1.